The Morgan fingerprint density at radius 2 is 1.69 bits per heavy atom. The number of fused-ring (bicyclic) bond motifs is 1. The van der Waals surface area contributed by atoms with Crippen molar-refractivity contribution >= 4 is 12.2 Å². The van der Waals surface area contributed by atoms with E-state index in [1.54, 1.807) is 0 Å². The molecule has 0 unspecified atom stereocenters. The van der Waals surface area contributed by atoms with Gasteiger partial charge in [0.15, 0.2) is 0 Å². The zero-order chi connectivity index (χ0) is 9.52. The van der Waals surface area contributed by atoms with Gasteiger partial charge in [-0.25, -0.2) is 0 Å². The summed E-state index contributed by atoms with van der Waals surface area (Å²) in [4.78, 5) is 0. The van der Waals surface area contributed by atoms with E-state index in [4.69, 9.17) is 0 Å². The molecule has 2 rings (SSSR count). The third kappa shape index (κ3) is 2.59. The lowest BCUT2D eigenvalue weighted by atomic mass is 10.2. The predicted molar refractivity (Wildman–Crippen MR) is 59.7 cm³/mol. The van der Waals surface area contributed by atoms with Crippen LogP contribution in [0.4, 0.5) is 0 Å². The van der Waals surface area contributed by atoms with Gasteiger partial charge in [-0.1, -0.05) is 62.4 Å². The third-order valence-corrected chi connectivity index (χ3v) is 1.88. The first-order valence-electron chi connectivity index (χ1n) is 4.89. The van der Waals surface area contributed by atoms with Gasteiger partial charge in [0, 0.05) is 0 Å². The molecule has 0 fully saturated rings. The monoisotopic (exact) mass is 172 g/mol. The molecule has 0 radical (unpaired) electrons. The highest BCUT2D eigenvalue weighted by molar-refractivity contribution is 5.43. The molecule has 0 atom stereocenters. The lowest BCUT2D eigenvalue weighted by Gasteiger charge is -1.85. The Morgan fingerprint density at radius 1 is 1.00 bits per heavy atom. The van der Waals surface area contributed by atoms with Gasteiger partial charge in [-0.05, 0) is 16.9 Å². The van der Waals surface area contributed by atoms with Gasteiger partial charge in [-0.3, -0.25) is 0 Å². The predicted octanol–water partition coefficient (Wildman–Crippen LogP) is 2.23. The molecule has 0 amide bonds. The minimum Gasteiger partial charge on any atom is -0.0807 e. The van der Waals surface area contributed by atoms with Crippen molar-refractivity contribution in [1.82, 2.24) is 0 Å². The summed E-state index contributed by atoms with van der Waals surface area (Å²) in [5, 5.41) is 2.67. The number of rotatable bonds is 0. The summed E-state index contributed by atoms with van der Waals surface area (Å²) in [6, 6.07) is 8.44. The molecule has 0 spiro atoms. The SMILES string of the molecule is C1=CCC=c2ccccc2=C1.CC. The molecule has 68 valence electrons. The van der Waals surface area contributed by atoms with Crippen LogP contribution in [0.25, 0.3) is 12.2 Å². The molecule has 0 aromatic heterocycles. The molecule has 13 heavy (non-hydrogen) atoms. The molecule has 0 heteroatoms. The summed E-state index contributed by atoms with van der Waals surface area (Å²) >= 11 is 0. The van der Waals surface area contributed by atoms with Crippen LogP contribution >= 0.6 is 0 Å². The minimum absolute atomic E-state index is 1.05. The molecule has 1 aliphatic carbocycles. The molecule has 0 heterocycles. The maximum absolute atomic E-state index is 2.25. The maximum atomic E-state index is 2.25. The molecule has 1 aromatic rings. The van der Waals surface area contributed by atoms with Crippen molar-refractivity contribution in [2.75, 3.05) is 0 Å². The number of allylic oxidation sites excluding steroid dienone is 2. The summed E-state index contributed by atoms with van der Waals surface area (Å²) in [5.41, 5.74) is 0. The van der Waals surface area contributed by atoms with Crippen molar-refractivity contribution in [3.63, 3.8) is 0 Å². The first kappa shape index (κ1) is 9.79. The van der Waals surface area contributed by atoms with Gasteiger partial charge in [0.05, 0.1) is 0 Å². The van der Waals surface area contributed by atoms with Gasteiger partial charge in [-0.15, -0.1) is 0 Å². The van der Waals surface area contributed by atoms with Crippen LogP contribution in [-0.2, 0) is 0 Å². The number of hydrogen-bond acceptors (Lipinski definition) is 0. The largest absolute Gasteiger partial charge is 0.0807 e. The topological polar surface area (TPSA) is 0 Å². The van der Waals surface area contributed by atoms with Gasteiger partial charge in [0.1, 0.15) is 0 Å². The van der Waals surface area contributed by atoms with Crippen molar-refractivity contribution in [3.05, 3.63) is 46.9 Å². The lowest BCUT2D eigenvalue weighted by Crippen LogP contribution is -2.22. The Balaban J connectivity index is 0.000000396. The Bertz CT molecular complexity index is 383. The summed E-state index contributed by atoms with van der Waals surface area (Å²) < 4.78 is 0. The standard InChI is InChI=1S/C11H10.C2H6/c1-2-6-10-8-4-5-9-11(10)7-3-1;1-2/h1-2,4-9H,3H2;1-2H3. The average Bonchev–Trinajstić information content (AvgIpc) is 2.45. The fourth-order valence-electron chi connectivity index (χ4n) is 1.29. The molecule has 0 saturated carbocycles. The van der Waals surface area contributed by atoms with E-state index in [1.165, 1.54) is 10.4 Å². The number of hydrogen-bond donors (Lipinski definition) is 0. The van der Waals surface area contributed by atoms with Gasteiger partial charge in [0.2, 0.25) is 0 Å². The van der Waals surface area contributed by atoms with Crippen molar-refractivity contribution < 1.29 is 0 Å². The highest BCUT2D eigenvalue weighted by atomic mass is 13.9. The zero-order valence-electron chi connectivity index (χ0n) is 8.33. The minimum atomic E-state index is 1.05. The van der Waals surface area contributed by atoms with Crippen molar-refractivity contribution in [3.8, 4) is 0 Å². The summed E-state index contributed by atoms with van der Waals surface area (Å²) in [6.07, 6.45) is 9.73. The van der Waals surface area contributed by atoms with Crippen LogP contribution in [0, 0.1) is 0 Å². The molecular weight excluding hydrogens is 156 g/mol. The smallest absolute Gasteiger partial charge is 0.0157 e. The van der Waals surface area contributed by atoms with E-state index in [-0.39, 0.29) is 0 Å². The van der Waals surface area contributed by atoms with Crippen molar-refractivity contribution in [1.29, 1.82) is 0 Å². The Kier molecular flexibility index (Phi) is 4.04. The maximum Gasteiger partial charge on any atom is -0.0157 e. The Morgan fingerprint density at radius 3 is 2.46 bits per heavy atom. The fourth-order valence-corrected chi connectivity index (χ4v) is 1.29. The van der Waals surface area contributed by atoms with E-state index in [1.807, 2.05) is 13.8 Å². The second-order valence-electron chi connectivity index (χ2n) is 2.66. The van der Waals surface area contributed by atoms with Crippen LogP contribution in [0.2, 0.25) is 0 Å². The molecule has 0 nitrogen and oxygen atoms in total. The summed E-state index contributed by atoms with van der Waals surface area (Å²) in [5.74, 6) is 0. The average molecular weight is 172 g/mol. The molecule has 0 saturated heterocycles. The van der Waals surface area contributed by atoms with Crippen LogP contribution < -0.4 is 10.4 Å². The van der Waals surface area contributed by atoms with E-state index in [2.05, 4.69) is 48.6 Å². The second kappa shape index (κ2) is 5.36. The molecule has 0 bridgehead atoms. The van der Waals surface area contributed by atoms with E-state index in [9.17, 15) is 0 Å². The second-order valence-corrected chi connectivity index (χ2v) is 2.66. The molecule has 0 aliphatic heterocycles. The zero-order valence-corrected chi connectivity index (χ0v) is 8.33. The molecule has 0 N–H and O–H groups in total. The molecule has 1 aromatic carbocycles. The van der Waals surface area contributed by atoms with Crippen LogP contribution in [-0.4, -0.2) is 0 Å². The highest BCUT2D eigenvalue weighted by Gasteiger charge is 1.84. The quantitative estimate of drug-likeness (QED) is 0.563. The van der Waals surface area contributed by atoms with Crippen LogP contribution in [0.5, 0.6) is 0 Å². The Hall–Kier alpha value is -1.30. The third-order valence-electron chi connectivity index (χ3n) is 1.88. The van der Waals surface area contributed by atoms with Crippen molar-refractivity contribution in [2.45, 2.75) is 20.3 Å². The van der Waals surface area contributed by atoms with Gasteiger partial charge >= 0.3 is 0 Å². The molecule has 1 aliphatic rings. The fraction of sp³-hybridized carbons (Fsp3) is 0.231. The first-order valence-corrected chi connectivity index (χ1v) is 4.89. The van der Waals surface area contributed by atoms with E-state index < -0.39 is 0 Å². The van der Waals surface area contributed by atoms with Gasteiger partial charge in [0.25, 0.3) is 0 Å². The molecular formula is C13H16. The van der Waals surface area contributed by atoms with Crippen LogP contribution in [0.1, 0.15) is 20.3 Å². The van der Waals surface area contributed by atoms with Crippen LogP contribution in [0.3, 0.4) is 0 Å². The highest BCUT2D eigenvalue weighted by Crippen LogP contribution is 1.87. The van der Waals surface area contributed by atoms with E-state index >= 15 is 0 Å². The summed E-state index contributed by atoms with van der Waals surface area (Å²) in [7, 11) is 0. The van der Waals surface area contributed by atoms with E-state index in [0.29, 0.717) is 0 Å². The van der Waals surface area contributed by atoms with Crippen molar-refractivity contribution in [2.24, 2.45) is 0 Å². The van der Waals surface area contributed by atoms with Gasteiger partial charge < -0.3 is 0 Å². The lowest BCUT2D eigenvalue weighted by molar-refractivity contribution is 1.45. The number of benzene rings is 1. The Labute approximate surface area is 79.9 Å². The normalized spacial score (nSPS) is 12.5. The van der Waals surface area contributed by atoms with Crippen LogP contribution in [0.15, 0.2) is 36.4 Å². The van der Waals surface area contributed by atoms with Gasteiger partial charge in [-0.2, -0.15) is 0 Å². The van der Waals surface area contributed by atoms with E-state index in [0.717, 1.165) is 6.42 Å². The first-order chi connectivity index (χ1) is 6.47. The summed E-state index contributed by atoms with van der Waals surface area (Å²) in [6.45, 7) is 4.00.